The van der Waals surface area contributed by atoms with Gasteiger partial charge in [-0.25, -0.2) is 15.0 Å². The highest BCUT2D eigenvalue weighted by molar-refractivity contribution is 7.98. The molecule has 3 aromatic heterocycles. The number of rotatable bonds is 6. The van der Waals surface area contributed by atoms with Crippen LogP contribution in [0, 0.1) is 6.92 Å². The molecule has 0 unspecified atom stereocenters. The summed E-state index contributed by atoms with van der Waals surface area (Å²) in [6.45, 7) is 4.96. The van der Waals surface area contributed by atoms with E-state index in [2.05, 4.69) is 33.3 Å². The first-order chi connectivity index (χ1) is 10.3. The summed E-state index contributed by atoms with van der Waals surface area (Å²) in [5, 5.41) is 7.17. The Morgan fingerprint density at radius 1 is 1.33 bits per heavy atom. The van der Waals surface area contributed by atoms with E-state index in [0.717, 1.165) is 40.5 Å². The van der Waals surface area contributed by atoms with Crippen LogP contribution < -0.4 is 5.32 Å². The summed E-state index contributed by atoms with van der Waals surface area (Å²) < 4.78 is 5.34. The molecule has 0 bridgehead atoms. The fraction of sp³-hybridized carbons (Fsp3) is 0.357. The molecule has 0 amide bonds. The molecule has 1 N–H and O–H groups in total. The van der Waals surface area contributed by atoms with Crippen molar-refractivity contribution in [3.8, 4) is 0 Å². The van der Waals surface area contributed by atoms with Crippen molar-refractivity contribution < 1.29 is 4.42 Å². The maximum atomic E-state index is 5.34. The van der Waals surface area contributed by atoms with Crippen LogP contribution in [0.4, 0.5) is 5.82 Å². The second kappa shape index (κ2) is 6.44. The van der Waals surface area contributed by atoms with Crippen LogP contribution in [0.25, 0.3) is 10.2 Å². The van der Waals surface area contributed by atoms with E-state index in [9.17, 15) is 0 Å². The van der Waals surface area contributed by atoms with E-state index < -0.39 is 0 Å². The van der Waals surface area contributed by atoms with Gasteiger partial charge in [0, 0.05) is 6.54 Å². The van der Waals surface area contributed by atoms with Gasteiger partial charge in [-0.3, -0.25) is 0 Å². The van der Waals surface area contributed by atoms with Gasteiger partial charge in [-0.15, -0.1) is 11.3 Å². The number of thioether (sulfide) groups is 1. The Balaban J connectivity index is 1.80. The first kappa shape index (κ1) is 14.3. The Morgan fingerprint density at radius 3 is 3.00 bits per heavy atom. The van der Waals surface area contributed by atoms with Crippen molar-refractivity contribution in [2.24, 2.45) is 0 Å². The van der Waals surface area contributed by atoms with Gasteiger partial charge in [0.05, 0.1) is 16.8 Å². The molecular weight excluding hydrogens is 304 g/mol. The van der Waals surface area contributed by atoms with Crippen LogP contribution in [0.1, 0.15) is 24.9 Å². The molecular formula is C14H16N4OS2. The summed E-state index contributed by atoms with van der Waals surface area (Å²) in [6.07, 6.45) is 2.72. The van der Waals surface area contributed by atoms with Gasteiger partial charge in [0.1, 0.15) is 22.7 Å². The normalized spacial score (nSPS) is 11.1. The molecule has 0 aliphatic carbocycles. The smallest absolute Gasteiger partial charge is 0.256 e. The van der Waals surface area contributed by atoms with Crippen LogP contribution in [0.5, 0.6) is 0 Å². The number of aromatic nitrogens is 3. The van der Waals surface area contributed by atoms with Crippen molar-refractivity contribution in [1.29, 1.82) is 0 Å². The summed E-state index contributed by atoms with van der Waals surface area (Å²) in [6, 6.07) is 2.06. The Labute approximate surface area is 131 Å². The minimum Gasteiger partial charge on any atom is -0.440 e. The molecule has 3 heterocycles. The molecule has 0 spiro atoms. The van der Waals surface area contributed by atoms with Crippen molar-refractivity contribution >= 4 is 39.1 Å². The predicted molar refractivity (Wildman–Crippen MR) is 87.0 cm³/mol. The minimum atomic E-state index is 0.647. The number of fused-ring (bicyclic) bond motifs is 1. The highest BCUT2D eigenvalue weighted by atomic mass is 32.2. The van der Waals surface area contributed by atoms with Gasteiger partial charge in [-0.2, -0.15) is 0 Å². The lowest BCUT2D eigenvalue weighted by atomic mass is 10.3. The van der Waals surface area contributed by atoms with Crippen molar-refractivity contribution in [1.82, 2.24) is 15.0 Å². The third kappa shape index (κ3) is 3.36. The summed E-state index contributed by atoms with van der Waals surface area (Å²) >= 11 is 3.15. The van der Waals surface area contributed by atoms with Gasteiger partial charge in [-0.05, 0) is 24.8 Å². The Bertz CT molecular complexity index is 737. The van der Waals surface area contributed by atoms with Crippen molar-refractivity contribution in [2.45, 2.75) is 31.2 Å². The SMILES string of the molecule is CCCNc1nc(CSc2nc(C)co2)nc2sccc12. The molecule has 0 saturated heterocycles. The standard InChI is InChI=1S/C14H16N4OS2/c1-3-5-15-12-10-4-6-20-13(10)18-11(17-12)8-21-14-16-9(2)7-19-14/h4,6-7H,3,5,8H2,1-2H3,(H,15,17,18). The van der Waals surface area contributed by atoms with Gasteiger partial charge in [0.15, 0.2) is 0 Å². The summed E-state index contributed by atoms with van der Waals surface area (Å²) in [5.74, 6) is 2.36. The second-order valence-electron chi connectivity index (χ2n) is 4.60. The fourth-order valence-corrected chi connectivity index (χ4v) is 3.36. The van der Waals surface area contributed by atoms with Crippen LogP contribution in [0.15, 0.2) is 27.3 Å². The Morgan fingerprint density at radius 2 is 2.24 bits per heavy atom. The number of nitrogens with one attached hydrogen (secondary N) is 1. The number of nitrogens with zero attached hydrogens (tertiary/aromatic N) is 3. The lowest BCUT2D eigenvalue weighted by Gasteiger charge is -2.07. The topological polar surface area (TPSA) is 63.8 Å². The molecule has 0 atom stereocenters. The van der Waals surface area contributed by atoms with E-state index in [1.807, 2.05) is 12.3 Å². The van der Waals surface area contributed by atoms with Crippen LogP contribution in [0.2, 0.25) is 0 Å². The molecule has 0 aliphatic rings. The molecule has 3 rings (SSSR count). The van der Waals surface area contributed by atoms with Crippen molar-refractivity contribution in [2.75, 3.05) is 11.9 Å². The maximum absolute atomic E-state index is 5.34. The highest BCUT2D eigenvalue weighted by Crippen LogP contribution is 2.27. The van der Waals surface area contributed by atoms with Gasteiger partial charge in [0.2, 0.25) is 0 Å². The molecule has 5 nitrogen and oxygen atoms in total. The zero-order chi connectivity index (χ0) is 14.7. The molecule has 0 aliphatic heterocycles. The van der Waals surface area contributed by atoms with Crippen molar-refractivity contribution in [3.63, 3.8) is 0 Å². The monoisotopic (exact) mass is 320 g/mol. The molecule has 110 valence electrons. The predicted octanol–water partition coefficient (Wildman–Crippen LogP) is 4.10. The third-order valence-electron chi connectivity index (χ3n) is 2.84. The second-order valence-corrected chi connectivity index (χ2v) is 6.42. The number of thiophene rings is 1. The molecule has 3 aromatic rings. The number of anilines is 1. The van der Waals surface area contributed by atoms with Crippen molar-refractivity contribution in [3.05, 3.63) is 29.2 Å². The fourth-order valence-electron chi connectivity index (χ4n) is 1.87. The van der Waals surface area contributed by atoms with E-state index >= 15 is 0 Å². The van der Waals surface area contributed by atoms with Gasteiger partial charge < -0.3 is 9.73 Å². The zero-order valence-corrected chi connectivity index (χ0v) is 13.6. The van der Waals surface area contributed by atoms with Gasteiger partial charge in [0.25, 0.3) is 5.22 Å². The van der Waals surface area contributed by atoms with E-state index in [4.69, 9.17) is 4.42 Å². The summed E-state index contributed by atoms with van der Waals surface area (Å²) in [5.41, 5.74) is 0.887. The van der Waals surface area contributed by atoms with Crippen LogP contribution in [-0.2, 0) is 5.75 Å². The summed E-state index contributed by atoms with van der Waals surface area (Å²) in [7, 11) is 0. The van der Waals surface area contributed by atoms with Gasteiger partial charge >= 0.3 is 0 Å². The largest absolute Gasteiger partial charge is 0.440 e. The average Bonchev–Trinajstić information content (AvgIpc) is 3.11. The first-order valence-electron chi connectivity index (χ1n) is 6.79. The number of hydrogen-bond donors (Lipinski definition) is 1. The van der Waals surface area contributed by atoms with E-state index in [0.29, 0.717) is 11.0 Å². The highest BCUT2D eigenvalue weighted by Gasteiger charge is 2.10. The molecule has 21 heavy (non-hydrogen) atoms. The molecule has 7 heteroatoms. The quantitative estimate of drug-likeness (QED) is 0.690. The minimum absolute atomic E-state index is 0.647. The van der Waals surface area contributed by atoms with E-state index in [1.165, 1.54) is 11.8 Å². The average molecular weight is 320 g/mol. The molecule has 0 aromatic carbocycles. The molecule has 0 saturated carbocycles. The maximum Gasteiger partial charge on any atom is 0.256 e. The Kier molecular flexibility index (Phi) is 4.40. The summed E-state index contributed by atoms with van der Waals surface area (Å²) in [4.78, 5) is 14.5. The zero-order valence-electron chi connectivity index (χ0n) is 11.9. The van der Waals surface area contributed by atoms with Crippen LogP contribution in [0.3, 0.4) is 0 Å². The number of aryl methyl sites for hydroxylation is 1. The van der Waals surface area contributed by atoms with Crippen LogP contribution >= 0.6 is 23.1 Å². The molecule has 0 fully saturated rings. The van der Waals surface area contributed by atoms with E-state index in [1.54, 1.807) is 17.6 Å². The van der Waals surface area contributed by atoms with E-state index in [-0.39, 0.29) is 0 Å². The van der Waals surface area contributed by atoms with Crippen LogP contribution in [-0.4, -0.2) is 21.5 Å². The lowest BCUT2D eigenvalue weighted by molar-refractivity contribution is 0.454. The molecule has 0 radical (unpaired) electrons. The van der Waals surface area contributed by atoms with Gasteiger partial charge in [-0.1, -0.05) is 18.7 Å². The lowest BCUT2D eigenvalue weighted by Crippen LogP contribution is -2.05. The first-order valence-corrected chi connectivity index (χ1v) is 8.65. The Hall–Kier alpha value is -1.60. The number of hydrogen-bond acceptors (Lipinski definition) is 7. The third-order valence-corrected chi connectivity index (χ3v) is 4.48. The number of oxazole rings is 1.